The SMILES string of the molecule is CCC(CN)CNCCc1ccc[nH]1. The average molecular weight is 195 g/mol. The van der Waals surface area contributed by atoms with Crippen LogP contribution in [0.15, 0.2) is 18.3 Å². The van der Waals surface area contributed by atoms with Crippen molar-refractivity contribution in [3.63, 3.8) is 0 Å². The van der Waals surface area contributed by atoms with Gasteiger partial charge in [0.2, 0.25) is 0 Å². The monoisotopic (exact) mass is 195 g/mol. The maximum Gasteiger partial charge on any atom is 0.0159 e. The molecular weight excluding hydrogens is 174 g/mol. The van der Waals surface area contributed by atoms with Crippen molar-refractivity contribution in [3.8, 4) is 0 Å². The minimum atomic E-state index is 0.624. The van der Waals surface area contributed by atoms with Gasteiger partial charge in [0.05, 0.1) is 0 Å². The number of hydrogen-bond donors (Lipinski definition) is 3. The molecule has 80 valence electrons. The Balaban J connectivity index is 2.04. The molecule has 0 amide bonds. The second-order valence-electron chi connectivity index (χ2n) is 3.66. The molecule has 0 fully saturated rings. The van der Waals surface area contributed by atoms with E-state index in [9.17, 15) is 0 Å². The van der Waals surface area contributed by atoms with Crippen LogP contribution in [0.2, 0.25) is 0 Å². The van der Waals surface area contributed by atoms with Gasteiger partial charge in [-0.1, -0.05) is 13.3 Å². The number of H-pyrrole nitrogens is 1. The lowest BCUT2D eigenvalue weighted by Crippen LogP contribution is -2.29. The highest BCUT2D eigenvalue weighted by molar-refractivity contribution is 5.03. The Morgan fingerprint density at radius 3 is 3.00 bits per heavy atom. The third-order valence-corrected chi connectivity index (χ3v) is 2.58. The lowest BCUT2D eigenvalue weighted by atomic mass is 10.1. The molecule has 0 aliphatic heterocycles. The first-order chi connectivity index (χ1) is 6.86. The van der Waals surface area contributed by atoms with Gasteiger partial charge < -0.3 is 16.0 Å². The summed E-state index contributed by atoms with van der Waals surface area (Å²) in [6.07, 6.45) is 4.18. The van der Waals surface area contributed by atoms with E-state index in [0.717, 1.165) is 32.5 Å². The van der Waals surface area contributed by atoms with Crippen LogP contribution in [0.25, 0.3) is 0 Å². The van der Waals surface area contributed by atoms with Crippen molar-refractivity contribution in [1.82, 2.24) is 10.3 Å². The topological polar surface area (TPSA) is 53.8 Å². The Morgan fingerprint density at radius 1 is 1.57 bits per heavy atom. The molecule has 1 aromatic rings. The molecule has 0 aliphatic carbocycles. The van der Waals surface area contributed by atoms with E-state index >= 15 is 0 Å². The van der Waals surface area contributed by atoms with Crippen LogP contribution >= 0.6 is 0 Å². The zero-order chi connectivity index (χ0) is 10.2. The van der Waals surface area contributed by atoms with Gasteiger partial charge in [-0.3, -0.25) is 0 Å². The highest BCUT2D eigenvalue weighted by Crippen LogP contribution is 1.98. The summed E-state index contributed by atoms with van der Waals surface area (Å²) in [7, 11) is 0. The zero-order valence-corrected chi connectivity index (χ0v) is 8.92. The van der Waals surface area contributed by atoms with E-state index in [-0.39, 0.29) is 0 Å². The van der Waals surface area contributed by atoms with Crippen molar-refractivity contribution in [2.75, 3.05) is 19.6 Å². The van der Waals surface area contributed by atoms with Crippen LogP contribution in [-0.4, -0.2) is 24.6 Å². The predicted octanol–water partition coefficient (Wildman–Crippen LogP) is 1.13. The molecular formula is C11H21N3. The minimum Gasteiger partial charge on any atom is -0.365 e. The molecule has 1 aromatic heterocycles. The van der Waals surface area contributed by atoms with E-state index in [1.165, 1.54) is 5.69 Å². The van der Waals surface area contributed by atoms with Gasteiger partial charge in [-0.25, -0.2) is 0 Å². The van der Waals surface area contributed by atoms with Gasteiger partial charge >= 0.3 is 0 Å². The normalized spacial score (nSPS) is 13.0. The van der Waals surface area contributed by atoms with E-state index in [0.29, 0.717) is 5.92 Å². The Labute approximate surface area is 86.1 Å². The number of nitrogens with two attached hydrogens (primary N) is 1. The zero-order valence-electron chi connectivity index (χ0n) is 8.92. The fraction of sp³-hybridized carbons (Fsp3) is 0.636. The molecule has 0 aromatic carbocycles. The molecule has 0 spiro atoms. The minimum absolute atomic E-state index is 0.624. The first-order valence-electron chi connectivity index (χ1n) is 5.39. The molecule has 1 heterocycles. The van der Waals surface area contributed by atoms with Gasteiger partial charge in [-0.15, -0.1) is 0 Å². The Morgan fingerprint density at radius 2 is 2.43 bits per heavy atom. The maximum atomic E-state index is 5.61. The summed E-state index contributed by atoms with van der Waals surface area (Å²) >= 11 is 0. The second kappa shape index (κ2) is 6.62. The van der Waals surface area contributed by atoms with Gasteiger partial charge in [-0.2, -0.15) is 0 Å². The molecule has 0 aliphatic rings. The van der Waals surface area contributed by atoms with Crippen molar-refractivity contribution in [2.45, 2.75) is 19.8 Å². The van der Waals surface area contributed by atoms with Gasteiger partial charge in [0.1, 0.15) is 0 Å². The van der Waals surface area contributed by atoms with Crippen LogP contribution in [0.4, 0.5) is 0 Å². The van der Waals surface area contributed by atoms with E-state index < -0.39 is 0 Å². The summed E-state index contributed by atoms with van der Waals surface area (Å²) in [5.41, 5.74) is 6.90. The van der Waals surface area contributed by atoms with Crippen LogP contribution in [0.1, 0.15) is 19.0 Å². The van der Waals surface area contributed by atoms with Crippen molar-refractivity contribution < 1.29 is 0 Å². The molecule has 0 radical (unpaired) electrons. The summed E-state index contributed by atoms with van der Waals surface area (Å²) in [4.78, 5) is 3.19. The van der Waals surface area contributed by atoms with Gasteiger partial charge in [-0.05, 0) is 37.6 Å². The van der Waals surface area contributed by atoms with Crippen LogP contribution in [0, 0.1) is 5.92 Å². The van der Waals surface area contributed by atoms with Gasteiger partial charge in [0, 0.05) is 18.4 Å². The summed E-state index contributed by atoms with van der Waals surface area (Å²) < 4.78 is 0. The molecule has 1 unspecified atom stereocenters. The van der Waals surface area contributed by atoms with Crippen LogP contribution in [0.3, 0.4) is 0 Å². The standard InChI is InChI=1S/C11H21N3/c1-2-10(8-12)9-13-7-5-11-4-3-6-14-11/h3-4,6,10,13-14H,2,5,7-9,12H2,1H3. The molecule has 0 saturated carbocycles. The lowest BCUT2D eigenvalue weighted by Gasteiger charge is -2.12. The van der Waals surface area contributed by atoms with Crippen molar-refractivity contribution in [2.24, 2.45) is 11.7 Å². The highest BCUT2D eigenvalue weighted by atomic mass is 14.9. The number of aromatic nitrogens is 1. The molecule has 3 nitrogen and oxygen atoms in total. The largest absolute Gasteiger partial charge is 0.365 e. The maximum absolute atomic E-state index is 5.61. The molecule has 3 heteroatoms. The quantitative estimate of drug-likeness (QED) is 0.571. The Kier molecular flexibility index (Phi) is 5.33. The van der Waals surface area contributed by atoms with E-state index in [4.69, 9.17) is 5.73 Å². The molecule has 4 N–H and O–H groups in total. The predicted molar refractivity (Wildman–Crippen MR) is 60.2 cm³/mol. The van der Waals surface area contributed by atoms with Crippen molar-refractivity contribution >= 4 is 0 Å². The van der Waals surface area contributed by atoms with Gasteiger partial charge in [0.25, 0.3) is 0 Å². The number of hydrogen-bond acceptors (Lipinski definition) is 2. The van der Waals surface area contributed by atoms with Crippen LogP contribution in [-0.2, 0) is 6.42 Å². The van der Waals surface area contributed by atoms with Crippen molar-refractivity contribution in [1.29, 1.82) is 0 Å². The van der Waals surface area contributed by atoms with Crippen molar-refractivity contribution in [3.05, 3.63) is 24.0 Å². The smallest absolute Gasteiger partial charge is 0.0159 e. The van der Waals surface area contributed by atoms with Crippen LogP contribution in [0.5, 0.6) is 0 Å². The van der Waals surface area contributed by atoms with E-state index in [1.54, 1.807) is 0 Å². The number of nitrogens with one attached hydrogen (secondary N) is 2. The molecule has 0 saturated heterocycles. The van der Waals surface area contributed by atoms with Gasteiger partial charge in [0.15, 0.2) is 0 Å². The highest BCUT2D eigenvalue weighted by Gasteiger charge is 2.01. The first-order valence-corrected chi connectivity index (χ1v) is 5.39. The van der Waals surface area contributed by atoms with E-state index in [2.05, 4.69) is 23.3 Å². The number of aromatic amines is 1. The Bertz CT molecular complexity index is 214. The van der Waals surface area contributed by atoms with Crippen LogP contribution < -0.4 is 11.1 Å². The number of rotatable bonds is 7. The molecule has 0 bridgehead atoms. The third kappa shape index (κ3) is 3.94. The summed E-state index contributed by atoms with van der Waals surface area (Å²) in [5, 5.41) is 3.43. The lowest BCUT2D eigenvalue weighted by molar-refractivity contribution is 0.473. The molecule has 1 rings (SSSR count). The second-order valence-corrected chi connectivity index (χ2v) is 3.66. The van der Waals surface area contributed by atoms with E-state index in [1.807, 2.05) is 12.3 Å². The molecule has 1 atom stereocenters. The fourth-order valence-electron chi connectivity index (χ4n) is 1.45. The summed E-state index contributed by atoms with van der Waals surface area (Å²) in [6, 6.07) is 4.14. The first kappa shape index (κ1) is 11.3. The summed E-state index contributed by atoms with van der Waals surface area (Å²) in [5.74, 6) is 0.624. The Hall–Kier alpha value is -0.800. The third-order valence-electron chi connectivity index (χ3n) is 2.58. The summed E-state index contributed by atoms with van der Waals surface area (Å²) in [6.45, 7) is 5.03. The molecule has 14 heavy (non-hydrogen) atoms. The average Bonchev–Trinajstić information content (AvgIpc) is 2.71. The fourth-order valence-corrected chi connectivity index (χ4v) is 1.45.